The molecule has 7 heteroatoms. The summed E-state index contributed by atoms with van der Waals surface area (Å²) in [4.78, 5) is 30.8. The van der Waals surface area contributed by atoms with Gasteiger partial charge in [-0.2, -0.15) is 0 Å². The third-order valence-electron chi connectivity index (χ3n) is 5.32. The summed E-state index contributed by atoms with van der Waals surface area (Å²) in [6.07, 6.45) is 5.61. The second-order valence-electron chi connectivity index (χ2n) is 7.27. The van der Waals surface area contributed by atoms with Crippen molar-refractivity contribution < 1.29 is 14.3 Å². The molecule has 2 aliphatic heterocycles. The Morgan fingerprint density at radius 2 is 2.04 bits per heavy atom. The fraction of sp³-hybridized carbons (Fsp3) is 0.722. The lowest BCUT2D eigenvalue weighted by Crippen LogP contribution is -2.43. The molecule has 6 nitrogen and oxygen atoms in total. The van der Waals surface area contributed by atoms with E-state index in [0.29, 0.717) is 19.1 Å². The maximum atomic E-state index is 12.4. The highest BCUT2D eigenvalue weighted by Gasteiger charge is 2.32. The first kappa shape index (κ1) is 17.0. The molecular weight excluding hydrogens is 338 g/mol. The molecule has 3 fully saturated rings. The average molecular weight is 363 g/mol. The van der Waals surface area contributed by atoms with Crippen molar-refractivity contribution in [3.05, 3.63) is 16.1 Å². The summed E-state index contributed by atoms with van der Waals surface area (Å²) in [6.45, 7) is 2.82. The molecule has 1 unspecified atom stereocenters. The first-order valence-electron chi connectivity index (χ1n) is 9.33. The average Bonchev–Trinajstić information content (AvgIpc) is 3.16. The Kier molecular flexibility index (Phi) is 5.03. The molecule has 25 heavy (non-hydrogen) atoms. The van der Waals surface area contributed by atoms with Crippen LogP contribution in [0.1, 0.15) is 55.1 Å². The first-order chi connectivity index (χ1) is 12.2. The number of carbonyl (C=O) groups excluding carboxylic acids is 2. The Balaban J connectivity index is 1.26. The van der Waals surface area contributed by atoms with Gasteiger partial charge in [0.05, 0.1) is 17.2 Å². The molecule has 0 bridgehead atoms. The van der Waals surface area contributed by atoms with Gasteiger partial charge in [0.1, 0.15) is 6.10 Å². The topological polar surface area (TPSA) is 71.5 Å². The number of likely N-dealkylation sites (tertiary alicyclic amines) is 1. The van der Waals surface area contributed by atoms with Crippen LogP contribution in [0.15, 0.2) is 5.38 Å². The van der Waals surface area contributed by atoms with Gasteiger partial charge in [0.25, 0.3) is 5.91 Å². The van der Waals surface area contributed by atoms with Gasteiger partial charge in [-0.25, -0.2) is 4.98 Å². The summed E-state index contributed by atoms with van der Waals surface area (Å²) in [5, 5.41) is 6.16. The van der Waals surface area contributed by atoms with Crippen molar-refractivity contribution in [3.8, 4) is 0 Å². The van der Waals surface area contributed by atoms with Crippen LogP contribution >= 0.6 is 11.3 Å². The van der Waals surface area contributed by atoms with Crippen molar-refractivity contribution in [2.45, 2.75) is 57.1 Å². The Morgan fingerprint density at radius 3 is 2.72 bits per heavy atom. The van der Waals surface area contributed by atoms with Crippen LogP contribution in [0, 0.1) is 5.92 Å². The molecule has 1 aromatic heterocycles. The molecule has 3 heterocycles. The van der Waals surface area contributed by atoms with E-state index in [9.17, 15) is 9.59 Å². The Bertz CT molecular complexity index is 629. The smallest absolute Gasteiger partial charge is 0.251 e. The van der Waals surface area contributed by atoms with Gasteiger partial charge in [-0.15, -0.1) is 11.3 Å². The molecular formula is C18H25N3O3S. The minimum absolute atomic E-state index is 0.163. The van der Waals surface area contributed by atoms with Crippen molar-refractivity contribution in [1.82, 2.24) is 15.2 Å². The first-order valence-corrected chi connectivity index (χ1v) is 10.2. The van der Waals surface area contributed by atoms with Gasteiger partial charge in [-0.05, 0) is 38.5 Å². The number of rotatable bonds is 5. The predicted octanol–water partition coefficient (Wildman–Crippen LogP) is 2.05. The molecule has 1 N–H and O–H groups in total. The van der Waals surface area contributed by atoms with Crippen molar-refractivity contribution in [2.75, 3.05) is 19.7 Å². The van der Waals surface area contributed by atoms with Gasteiger partial charge < -0.3 is 15.0 Å². The van der Waals surface area contributed by atoms with E-state index in [0.717, 1.165) is 62.3 Å². The van der Waals surface area contributed by atoms with Crippen LogP contribution < -0.4 is 5.32 Å². The molecule has 2 amide bonds. The standard InChI is InChI=1S/C18H25N3O3S/c22-16(12-3-4-12)19-10-14-11-25-17(20-14)13-5-7-21(8-6-13)18(23)15-2-1-9-24-15/h11-13,15H,1-10H2,(H,19,22). The van der Waals surface area contributed by atoms with Gasteiger partial charge in [0.15, 0.2) is 0 Å². The minimum Gasteiger partial charge on any atom is -0.368 e. The van der Waals surface area contributed by atoms with Crippen molar-refractivity contribution in [3.63, 3.8) is 0 Å². The molecule has 1 aliphatic carbocycles. The summed E-state index contributed by atoms with van der Waals surface area (Å²) in [5.41, 5.74) is 0.951. The molecule has 0 spiro atoms. The second kappa shape index (κ2) is 7.41. The van der Waals surface area contributed by atoms with Crippen molar-refractivity contribution in [2.24, 2.45) is 5.92 Å². The monoisotopic (exact) mass is 363 g/mol. The number of amides is 2. The number of nitrogens with one attached hydrogen (secondary N) is 1. The van der Waals surface area contributed by atoms with E-state index in [2.05, 4.69) is 5.32 Å². The zero-order valence-electron chi connectivity index (χ0n) is 14.4. The van der Waals surface area contributed by atoms with Crippen molar-refractivity contribution >= 4 is 23.2 Å². The highest BCUT2D eigenvalue weighted by atomic mass is 32.1. The SMILES string of the molecule is O=C(NCc1csc(C2CCN(C(=O)C3CCCO3)CC2)n1)C1CC1. The molecule has 2 saturated heterocycles. The maximum absolute atomic E-state index is 12.4. The van der Waals surface area contributed by atoms with Crippen LogP contribution in [-0.4, -0.2) is 47.5 Å². The lowest BCUT2D eigenvalue weighted by molar-refractivity contribution is -0.142. The predicted molar refractivity (Wildman–Crippen MR) is 94.2 cm³/mol. The molecule has 0 radical (unpaired) electrons. The molecule has 0 aromatic carbocycles. The Labute approximate surface area is 151 Å². The Hall–Kier alpha value is -1.47. The summed E-state index contributed by atoms with van der Waals surface area (Å²) in [5.74, 6) is 0.990. The number of nitrogens with zero attached hydrogens (tertiary/aromatic N) is 2. The van der Waals surface area contributed by atoms with Gasteiger partial charge in [0, 0.05) is 36.9 Å². The van der Waals surface area contributed by atoms with Gasteiger partial charge >= 0.3 is 0 Å². The number of ether oxygens (including phenoxy) is 1. The number of aromatic nitrogens is 1. The summed E-state index contributed by atoms with van der Waals surface area (Å²) < 4.78 is 5.51. The van der Waals surface area contributed by atoms with Gasteiger partial charge in [-0.1, -0.05) is 0 Å². The summed E-state index contributed by atoms with van der Waals surface area (Å²) in [7, 11) is 0. The summed E-state index contributed by atoms with van der Waals surface area (Å²) >= 11 is 1.68. The van der Waals surface area contributed by atoms with E-state index >= 15 is 0 Å². The normalized spacial score (nSPS) is 24.5. The third-order valence-corrected chi connectivity index (χ3v) is 6.38. The van der Waals surface area contributed by atoms with E-state index in [1.54, 1.807) is 11.3 Å². The molecule has 136 valence electrons. The van der Waals surface area contributed by atoms with E-state index in [1.807, 2.05) is 10.3 Å². The van der Waals surface area contributed by atoms with Crippen LogP contribution in [-0.2, 0) is 20.9 Å². The number of hydrogen-bond donors (Lipinski definition) is 1. The van der Waals surface area contributed by atoms with Crippen LogP contribution in [0.25, 0.3) is 0 Å². The van der Waals surface area contributed by atoms with Gasteiger partial charge in [-0.3, -0.25) is 9.59 Å². The van der Waals surface area contributed by atoms with Crippen molar-refractivity contribution in [1.29, 1.82) is 0 Å². The quantitative estimate of drug-likeness (QED) is 0.869. The number of piperidine rings is 1. The van der Waals surface area contributed by atoms with E-state index < -0.39 is 0 Å². The van der Waals surface area contributed by atoms with Gasteiger partial charge in [0.2, 0.25) is 5.91 Å². The van der Waals surface area contributed by atoms with Crippen LogP contribution in [0.5, 0.6) is 0 Å². The van der Waals surface area contributed by atoms with E-state index in [1.165, 1.54) is 0 Å². The number of carbonyl (C=O) groups is 2. The largest absolute Gasteiger partial charge is 0.368 e. The number of thiazole rings is 1. The third kappa shape index (κ3) is 4.03. The molecule has 4 rings (SSSR count). The Morgan fingerprint density at radius 1 is 1.24 bits per heavy atom. The number of hydrogen-bond acceptors (Lipinski definition) is 5. The highest BCUT2D eigenvalue weighted by Crippen LogP contribution is 2.31. The highest BCUT2D eigenvalue weighted by molar-refractivity contribution is 7.09. The summed E-state index contributed by atoms with van der Waals surface area (Å²) in [6, 6.07) is 0. The van der Waals surface area contributed by atoms with Crippen LogP contribution in [0.4, 0.5) is 0 Å². The fourth-order valence-corrected chi connectivity index (χ4v) is 4.57. The van der Waals surface area contributed by atoms with E-state index in [-0.39, 0.29) is 23.8 Å². The second-order valence-corrected chi connectivity index (χ2v) is 8.16. The zero-order chi connectivity index (χ0) is 17.2. The minimum atomic E-state index is -0.210. The van der Waals surface area contributed by atoms with E-state index in [4.69, 9.17) is 9.72 Å². The lowest BCUT2D eigenvalue weighted by atomic mass is 9.97. The molecule has 1 saturated carbocycles. The molecule has 1 atom stereocenters. The van der Waals surface area contributed by atoms with Crippen LogP contribution in [0.2, 0.25) is 0 Å². The molecule has 3 aliphatic rings. The lowest BCUT2D eigenvalue weighted by Gasteiger charge is -2.32. The fourth-order valence-electron chi connectivity index (χ4n) is 3.58. The van der Waals surface area contributed by atoms with Crippen LogP contribution in [0.3, 0.4) is 0 Å². The molecule has 1 aromatic rings. The maximum Gasteiger partial charge on any atom is 0.251 e. The zero-order valence-corrected chi connectivity index (χ0v) is 15.2.